The summed E-state index contributed by atoms with van der Waals surface area (Å²) in [4.78, 5) is 45.5. The van der Waals surface area contributed by atoms with Crippen molar-refractivity contribution in [1.82, 2.24) is 20.6 Å². The minimum absolute atomic E-state index is 0.133. The molecule has 1 saturated carbocycles. The van der Waals surface area contributed by atoms with Crippen molar-refractivity contribution < 1.29 is 19.1 Å². The topological polar surface area (TPSA) is 137 Å². The molecule has 0 spiro atoms. The summed E-state index contributed by atoms with van der Waals surface area (Å²) in [5.41, 5.74) is 1.76. The molecule has 0 bridgehead atoms. The number of Topliss-reactive ketones (excluding diaryl/α,β-unsaturated/α-hetero) is 1. The van der Waals surface area contributed by atoms with E-state index in [1.807, 2.05) is 18.2 Å². The molecule has 9 heteroatoms. The average Bonchev–Trinajstić information content (AvgIpc) is 3.49. The Morgan fingerprint density at radius 3 is 2.83 bits per heavy atom. The largest absolute Gasteiger partial charge is 0.496 e. The molecular formula is C26H27N5O4. The summed E-state index contributed by atoms with van der Waals surface area (Å²) in [6, 6.07) is 11.0. The van der Waals surface area contributed by atoms with E-state index >= 15 is 0 Å². The number of pyridine rings is 1. The van der Waals surface area contributed by atoms with E-state index in [-0.39, 0.29) is 30.2 Å². The van der Waals surface area contributed by atoms with Crippen molar-refractivity contribution in [3.63, 3.8) is 0 Å². The Hall–Kier alpha value is -4.19. The Morgan fingerprint density at radius 1 is 1.29 bits per heavy atom. The molecule has 1 aliphatic rings. The maximum atomic E-state index is 13.2. The monoisotopic (exact) mass is 473 g/mol. The van der Waals surface area contributed by atoms with Crippen LogP contribution in [0, 0.1) is 17.2 Å². The van der Waals surface area contributed by atoms with E-state index in [0.29, 0.717) is 12.2 Å². The third kappa shape index (κ3) is 5.66. The molecule has 3 N–H and O–H groups in total. The van der Waals surface area contributed by atoms with Crippen molar-refractivity contribution in [2.75, 3.05) is 7.11 Å². The van der Waals surface area contributed by atoms with E-state index < -0.39 is 23.9 Å². The predicted molar refractivity (Wildman–Crippen MR) is 129 cm³/mol. The fourth-order valence-electron chi connectivity index (χ4n) is 4.47. The van der Waals surface area contributed by atoms with Crippen LogP contribution in [0.25, 0.3) is 10.9 Å². The summed E-state index contributed by atoms with van der Waals surface area (Å²) in [5, 5.41) is 15.8. The van der Waals surface area contributed by atoms with Gasteiger partial charge in [-0.15, -0.1) is 0 Å². The molecule has 9 nitrogen and oxygen atoms in total. The third-order valence-corrected chi connectivity index (χ3v) is 6.30. The molecule has 2 heterocycles. The molecular weight excluding hydrogens is 446 g/mol. The molecule has 1 aromatic carbocycles. The molecule has 0 aliphatic heterocycles. The maximum Gasteiger partial charge on any atom is 0.268 e. The highest BCUT2D eigenvalue weighted by Gasteiger charge is 2.30. The summed E-state index contributed by atoms with van der Waals surface area (Å²) < 4.78 is 5.36. The average molecular weight is 474 g/mol. The lowest BCUT2D eigenvalue weighted by atomic mass is 9.97. The highest BCUT2D eigenvalue weighted by Crippen LogP contribution is 2.27. The van der Waals surface area contributed by atoms with Crippen molar-refractivity contribution >= 4 is 28.5 Å². The van der Waals surface area contributed by atoms with Gasteiger partial charge in [0.1, 0.15) is 29.3 Å². The van der Waals surface area contributed by atoms with E-state index in [4.69, 9.17) is 4.74 Å². The molecule has 35 heavy (non-hydrogen) atoms. The molecule has 2 aromatic heterocycles. The number of methoxy groups -OCH3 is 1. The highest BCUT2D eigenvalue weighted by molar-refractivity contribution is 6.01. The third-order valence-electron chi connectivity index (χ3n) is 6.30. The number of nitrogens with zero attached hydrogens (tertiary/aromatic N) is 2. The van der Waals surface area contributed by atoms with Crippen molar-refractivity contribution in [2.45, 2.75) is 44.2 Å². The number of hydrogen-bond donors (Lipinski definition) is 3. The van der Waals surface area contributed by atoms with Crippen LogP contribution in [0.15, 0.2) is 48.8 Å². The molecule has 180 valence electrons. The smallest absolute Gasteiger partial charge is 0.268 e. The van der Waals surface area contributed by atoms with Crippen LogP contribution in [0.4, 0.5) is 0 Å². The lowest BCUT2D eigenvalue weighted by Crippen LogP contribution is -2.51. The van der Waals surface area contributed by atoms with Crippen LogP contribution in [0.1, 0.15) is 41.7 Å². The SMILES string of the molecule is COc1cccc2[nH]c(C(=O)NC(Cc3cccnc3)C(=O)NC(C#N)CC3CCCC3=O)cc12. The van der Waals surface area contributed by atoms with E-state index in [0.717, 1.165) is 29.3 Å². The van der Waals surface area contributed by atoms with Crippen LogP contribution >= 0.6 is 0 Å². The lowest BCUT2D eigenvalue weighted by Gasteiger charge is -2.21. The molecule has 0 radical (unpaired) electrons. The number of carbonyl (C=O) groups is 3. The zero-order chi connectivity index (χ0) is 24.8. The van der Waals surface area contributed by atoms with Crippen LogP contribution < -0.4 is 15.4 Å². The van der Waals surface area contributed by atoms with Gasteiger partial charge in [0, 0.05) is 42.1 Å². The number of nitriles is 1. The Bertz CT molecular complexity index is 1260. The van der Waals surface area contributed by atoms with Crippen LogP contribution in [0.2, 0.25) is 0 Å². The Balaban J connectivity index is 1.52. The number of amides is 2. The minimum atomic E-state index is -0.949. The van der Waals surface area contributed by atoms with Gasteiger partial charge in [-0.1, -0.05) is 12.1 Å². The standard InChI is InChI=1S/C26H27N5O4/c1-35-24-9-3-7-20-19(24)13-22(30-20)26(34)31-21(11-16-5-4-10-28-15-16)25(33)29-18(14-27)12-17-6-2-8-23(17)32/h3-5,7,9-10,13,15,17-18,21,30H,2,6,8,11-12H2,1H3,(H,29,33)(H,31,34). The predicted octanol–water partition coefficient (Wildman–Crippen LogP) is 2.68. The van der Waals surface area contributed by atoms with E-state index in [9.17, 15) is 19.6 Å². The first-order valence-electron chi connectivity index (χ1n) is 11.6. The van der Waals surface area contributed by atoms with Crippen LogP contribution in [-0.2, 0) is 16.0 Å². The quantitative estimate of drug-likeness (QED) is 0.437. The van der Waals surface area contributed by atoms with E-state index in [1.165, 1.54) is 0 Å². The second kappa shape index (κ2) is 10.8. The number of ether oxygens (including phenoxy) is 1. The second-order valence-electron chi connectivity index (χ2n) is 8.68. The summed E-state index contributed by atoms with van der Waals surface area (Å²) in [6.07, 6.45) is 5.77. The van der Waals surface area contributed by atoms with Crippen molar-refractivity contribution in [2.24, 2.45) is 5.92 Å². The maximum absolute atomic E-state index is 13.2. The lowest BCUT2D eigenvalue weighted by molar-refractivity contribution is -0.124. The second-order valence-corrected chi connectivity index (χ2v) is 8.68. The summed E-state index contributed by atoms with van der Waals surface area (Å²) >= 11 is 0. The van der Waals surface area contributed by atoms with Gasteiger partial charge in [-0.3, -0.25) is 19.4 Å². The van der Waals surface area contributed by atoms with E-state index in [2.05, 4.69) is 26.7 Å². The number of benzene rings is 1. The summed E-state index contributed by atoms with van der Waals surface area (Å²) in [5.74, 6) is -0.415. The zero-order valence-electron chi connectivity index (χ0n) is 19.4. The number of aromatic nitrogens is 2. The van der Waals surface area contributed by atoms with Gasteiger partial charge in [-0.05, 0) is 49.1 Å². The molecule has 1 aliphatic carbocycles. The number of nitrogens with one attached hydrogen (secondary N) is 3. The van der Waals surface area contributed by atoms with Gasteiger partial charge in [0.05, 0.1) is 13.2 Å². The summed E-state index contributed by atoms with van der Waals surface area (Å²) in [7, 11) is 1.56. The highest BCUT2D eigenvalue weighted by atomic mass is 16.5. The van der Waals surface area contributed by atoms with Crippen molar-refractivity contribution in [3.05, 3.63) is 60.0 Å². The molecule has 3 aromatic rings. The zero-order valence-corrected chi connectivity index (χ0v) is 19.4. The van der Waals surface area contributed by atoms with Gasteiger partial charge in [0.15, 0.2) is 0 Å². The fraction of sp³-hybridized carbons (Fsp3) is 0.346. The number of ketones is 1. The minimum Gasteiger partial charge on any atom is -0.496 e. The Morgan fingerprint density at radius 2 is 2.14 bits per heavy atom. The van der Waals surface area contributed by atoms with Crippen LogP contribution in [0.3, 0.4) is 0 Å². The molecule has 4 rings (SSSR count). The van der Waals surface area contributed by atoms with Crippen molar-refractivity contribution in [1.29, 1.82) is 5.26 Å². The first-order valence-corrected chi connectivity index (χ1v) is 11.6. The molecule has 3 atom stereocenters. The van der Waals surface area contributed by atoms with Crippen LogP contribution in [0.5, 0.6) is 5.75 Å². The molecule has 3 unspecified atom stereocenters. The number of fused-ring (bicyclic) bond motifs is 1. The van der Waals surface area contributed by atoms with Gasteiger partial charge >= 0.3 is 0 Å². The van der Waals surface area contributed by atoms with Crippen LogP contribution in [-0.4, -0.2) is 46.8 Å². The number of carbonyl (C=O) groups excluding carboxylic acids is 3. The van der Waals surface area contributed by atoms with Gasteiger partial charge in [0.2, 0.25) is 5.91 Å². The normalized spacial score (nSPS) is 16.9. The molecule has 0 saturated heterocycles. The summed E-state index contributed by atoms with van der Waals surface area (Å²) in [6.45, 7) is 0. The van der Waals surface area contributed by atoms with Gasteiger partial charge in [0.25, 0.3) is 5.91 Å². The Kier molecular flexibility index (Phi) is 7.41. The number of aromatic amines is 1. The first-order chi connectivity index (χ1) is 17.0. The first kappa shape index (κ1) is 24.0. The number of H-pyrrole nitrogens is 1. The number of hydrogen-bond acceptors (Lipinski definition) is 6. The van der Waals surface area contributed by atoms with Gasteiger partial charge in [-0.2, -0.15) is 5.26 Å². The Labute approximate surface area is 202 Å². The fourth-order valence-corrected chi connectivity index (χ4v) is 4.47. The molecule has 1 fully saturated rings. The van der Waals surface area contributed by atoms with Crippen molar-refractivity contribution in [3.8, 4) is 11.8 Å². The van der Waals surface area contributed by atoms with E-state index in [1.54, 1.807) is 37.7 Å². The number of rotatable bonds is 9. The molecule has 2 amide bonds. The van der Waals surface area contributed by atoms with Gasteiger partial charge in [-0.25, -0.2) is 0 Å². The van der Waals surface area contributed by atoms with Gasteiger partial charge < -0.3 is 20.4 Å².